The maximum absolute atomic E-state index is 16.1. The number of halogens is 2. The maximum atomic E-state index is 16.1. The van der Waals surface area contributed by atoms with Gasteiger partial charge in [-0.25, -0.2) is 18.4 Å². The molecule has 0 saturated carbocycles. The summed E-state index contributed by atoms with van der Waals surface area (Å²) >= 11 is 0. The molecule has 2 aliphatic rings. The Morgan fingerprint density at radius 1 is 1.06 bits per heavy atom. The second-order valence-electron chi connectivity index (χ2n) is 13.0. The number of carboxylic acids is 1. The molecule has 4 heterocycles. The van der Waals surface area contributed by atoms with E-state index in [9.17, 15) is 24.3 Å². The first kappa shape index (κ1) is 35.0. The molecule has 0 spiro atoms. The molecule has 0 radical (unpaired) electrons. The number of fused-ring (bicyclic) bond motifs is 2. The van der Waals surface area contributed by atoms with Crippen LogP contribution in [0.4, 0.5) is 26.0 Å². The Bertz CT molecular complexity index is 2080. The van der Waals surface area contributed by atoms with Crippen LogP contribution in [-0.2, 0) is 24.2 Å². The van der Waals surface area contributed by atoms with Crippen LogP contribution in [0.3, 0.4) is 0 Å². The lowest BCUT2D eigenvalue weighted by atomic mass is 10.1. The summed E-state index contributed by atoms with van der Waals surface area (Å²) in [6.07, 6.45) is 3.86. The van der Waals surface area contributed by atoms with Crippen LogP contribution in [0.2, 0.25) is 0 Å². The fourth-order valence-electron chi connectivity index (χ4n) is 7.23. The monoisotopic (exact) mass is 692 g/mol. The van der Waals surface area contributed by atoms with Gasteiger partial charge in [-0.05, 0) is 69.0 Å². The third-order valence-electron chi connectivity index (χ3n) is 9.89. The van der Waals surface area contributed by atoms with Crippen molar-refractivity contribution in [1.29, 1.82) is 0 Å². The number of unbranched alkanes of at least 4 members (excludes halogenated alkanes) is 2. The normalized spacial score (nSPS) is 17.7. The average molecular weight is 693 g/mol. The highest BCUT2D eigenvalue weighted by Crippen LogP contribution is 2.35. The number of benzene rings is 2. The van der Waals surface area contributed by atoms with Crippen molar-refractivity contribution in [3.63, 3.8) is 0 Å². The number of ether oxygens (including phenoxy) is 1. The molecule has 0 bridgehead atoms. The number of carbonyl (C=O) groups is 1. The minimum atomic E-state index is -1.46. The summed E-state index contributed by atoms with van der Waals surface area (Å²) in [5.74, 6) is -2.96. The minimum absolute atomic E-state index is 0.117. The zero-order valence-electron chi connectivity index (χ0n) is 28.4. The zero-order valence-corrected chi connectivity index (χ0v) is 28.4. The highest BCUT2D eigenvalue weighted by atomic mass is 19.1. The van der Waals surface area contributed by atoms with Crippen molar-refractivity contribution in [2.24, 2.45) is 0 Å². The van der Waals surface area contributed by atoms with Gasteiger partial charge < -0.3 is 24.6 Å². The summed E-state index contributed by atoms with van der Waals surface area (Å²) in [5, 5.41) is 12.2. The molecule has 12 nitrogen and oxygen atoms in total. The molecule has 14 heteroatoms. The fourth-order valence-corrected chi connectivity index (χ4v) is 7.23. The number of hydrogen-bond donors (Lipinski definition) is 3. The number of nitrogens with zero attached hydrogens (tertiary/aromatic N) is 4. The predicted octanol–water partition coefficient (Wildman–Crippen LogP) is 4.22. The molecule has 2 fully saturated rings. The van der Waals surface area contributed by atoms with Gasteiger partial charge in [-0.3, -0.25) is 24.0 Å². The SMILES string of the molecule is CCc1cc(Nc2cc(=O)n(CCCCCN3CCOC4CN(c5c(F)cc6c(=O)c(C(=O)O)cn(CC)c6c5F)CC43)c(=O)[nH]2)ccc1C. The average Bonchev–Trinajstić information content (AvgIpc) is 3.51. The van der Waals surface area contributed by atoms with E-state index in [-0.39, 0.29) is 53.9 Å². The van der Waals surface area contributed by atoms with Crippen molar-refractivity contribution >= 4 is 34.1 Å². The number of aromatic carboxylic acids is 1. The molecule has 2 aromatic carbocycles. The van der Waals surface area contributed by atoms with Gasteiger partial charge in [0.1, 0.15) is 22.9 Å². The smallest absolute Gasteiger partial charge is 0.341 e. The number of rotatable bonds is 12. The molecule has 6 rings (SSSR count). The van der Waals surface area contributed by atoms with Gasteiger partial charge in [0.25, 0.3) is 5.56 Å². The van der Waals surface area contributed by atoms with E-state index in [2.05, 4.69) is 22.1 Å². The van der Waals surface area contributed by atoms with Crippen molar-refractivity contribution in [2.45, 2.75) is 71.7 Å². The van der Waals surface area contributed by atoms with Gasteiger partial charge in [-0.1, -0.05) is 19.4 Å². The maximum Gasteiger partial charge on any atom is 0.341 e. The number of aromatic nitrogens is 3. The van der Waals surface area contributed by atoms with Gasteiger partial charge in [0.2, 0.25) is 5.43 Å². The Labute approximate surface area is 286 Å². The minimum Gasteiger partial charge on any atom is -0.477 e. The van der Waals surface area contributed by atoms with E-state index >= 15 is 8.78 Å². The second-order valence-corrected chi connectivity index (χ2v) is 13.0. The van der Waals surface area contributed by atoms with E-state index in [0.29, 0.717) is 38.5 Å². The summed E-state index contributed by atoms with van der Waals surface area (Å²) in [7, 11) is 0. The number of carboxylic acid groups (broad SMARTS) is 1. The van der Waals surface area contributed by atoms with Gasteiger partial charge in [0.05, 0.1) is 29.7 Å². The van der Waals surface area contributed by atoms with E-state index in [0.717, 1.165) is 37.2 Å². The number of nitrogens with one attached hydrogen (secondary N) is 2. The molecule has 0 aliphatic carbocycles. The summed E-state index contributed by atoms with van der Waals surface area (Å²) in [5.41, 5.74) is 0.422. The number of pyridine rings is 1. The van der Waals surface area contributed by atoms with E-state index in [1.54, 1.807) is 11.8 Å². The van der Waals surface area contributed by atoms with Crippen molar-refractivity contribution in [3.05, 3.63) is 95.9 Å². The first-order chi connectivity index (χ1) is 24.0. The van der Waals surface area contributed by atoms with Crippen molar-refractivity contribution < 1.29 is 23.4 Å². The highest BCUT2D eigenvalue weighted by Gasteiger charge is 2.41. The molecule has 3 N–H and O–H groups in total. The fraction of sp³-hybridized carbons (Fsp3) is 0.444. The number of hydrogen-bond acceptors (Lipinski definition) is 8. The largest absolute Gasteiger partial charge is 0.477 e. The van der Waals surface area contributed by atoms with Crippen LogP contribution in [0, 0.1) is 18.6 Å². The Morgan fingerprint density at radius 2 is 1.84 bits per heavy atom. The third-order valence-corrected chi connectivity index (χ3v) is 9.89. The molecule has 2 atom stereocenters. The predicted molar refractivity (Wildman–Crippen MR) is 187 cm³/mol. The summed E-state index contributed by atoms with van der Waals surface area (Å²) in [6.45, 7) is 8.65. The van der Waals surface area contributed by atoms with Crippen LogP contribution in [0.1, 0.15) is 54.6 Å². The molecule has 0 amide bonds. The Kier molecular flexibility index (Phi) is 10.2. The Morgan fingerprint density at radius 3 is 2.56 bits per heavy atom. The molecular weight excluding hydrogens is 650 g/mol. The van der Waals surface area contributed by atoms with Gasteiger partial charge in [0.15, 0.2) is 5.82 Å². The Hall–Kier alpha value is -4.82. The molecule has 50 heavy (non-hydrogen) atoms. The van der Waals surface area contributed by atoms with Crippen LogP contribution >= 0.6 is 0 Å². The van der Waals surface area contributed by atoms with Gasteiger partial charge in [-0.2, -0.15) is 0 Å². The van der Waals surface area contributed by atoms with Gasteiger partial charge in [0, 0.05) is 50.7 Å². The lowest BCUT2D eigenvalue weighted by Crippen LogP contribution is -2.50. The van der Waals surface area contributed by atoms with E-state index in [1.165, 1.54) is 26.3 Å². The van der Waals surface area contributed by atoms with Crippen molar-refractivity contribution in [1.82, 2.24) is 19.0 Å². The molecule has 2 saturated heterocycles. The van der Waals surface area contributed by atoms with Gasteiger partial charge in [-0.15, -0.1) is 0 Å². The number of aromatic amines is 1. The quantitative estimate of drug-likeness (QED) is 0.186. The Balaban J connectivity index is 1.08. The standard InChI is InChI=1S/C36H42F2N6O6/c1-4-22-15-23(10-9-21(22)3)39-29-17-30(45)44(36(49)40-29)12-8-6-7-11-42-13-14-50-28-20-43(19-27(28)42)33-26(37)16-24-32(31(33)38)41(5-2)18-25(34(24)46)35(47)48/h9-10,15-18,27-28,39H,4-8,11-14,19-20H2,1-3H3,(H,40,49)(H,47,48). The lowest BCUT2D eigenvalue weighted by Gasteiger charge is -2.36. The van der Waals surface area contributed by atoms with Crippen molar-refractivity contribution in [2.75, 3.05) is 43.0 Å². The first-order valence-corrected chi connectivity index (χ1v) is 17.1. The lowest BCUT2D eigenvalue weighted by molar-refractivity contribution is -0.0469. The van der Waals surface area contributed by atoms with E-state index < -0.39 is 34.3 Å². The summed E-state index contributed by atoms with van der Waals surface area (Å²) in [4.78, 5) is 56.6. The summed E-state index contributed by atoms with van der Waals surface area (Å²) in [6, 6.07) is 8.11. The van der Waals surface area contributed by atoms with Gasteiger partial charge >= 0.3 is 11.7 Å². The topological polar surface area (TPSA) is 142 Å². The van der Waals surface area contributed by atoms with Crippen LogP contribution < -0.4 is 26.9 Å². The molecule has 2 unspecified atom stereocenters. The zero-order chi connectivity index (χ0) is 35.7. The molecular formula is C36H42F2N6O6. The van der Waals surface area contributed by atoms with E-state index in [1.807, 2.05) is 25.1 Å². The number of aryl methyl sites for hydroxylation is 3. The number of H-pyrrole nitrogens is 1. The van der Waals surface area contributed by atoms with Crippen LogP contribution in [-0.4, -0.2) is 75.0 Å². The van der Waals surface area contributed by atoms with Crippen molar-refractivity contribution in [3.8, 4) is 0 Å². The third kappa shape index (κ3) is 6.81. The first-order valence-electron chi connectivity index (χ1n) is 17.1. The van der Waals surface area contributed by atoms with Crippen LogP contribution in [0.25, 0.3) is 10.9 Å². The molecule has 2 aromatic heterocycles. The second kappa shape index (κ2) is 14.6. The molecule has 266 valence electrons. The molecule has 4 aromatic rings. The number of anilines is 3. The van der Waals surface area contributed by atoms with Crippen LogP contribution in [0.5, 0.6) is 0 Å². The number of morpholine rings is 1. The van der Waals surface area contributed by atoms with Crippen LogP contribution in [0.15, 0.2) is 50.9 Å². The van der Waals surface area contributed by atoms with E-state index in [4.69, 9.17) is 4.74 Å². The highest BCUT2D eigenvalue weighted by molar-refractivity contribution is 5.94. The molecule has 2 aliphatic heterocycles. The summed E-state index contributed by atoms with van der Waals surface area (Å²) < 4.78 is 40.1.